The van der Waals surface area contributed by atoms with E-state index in [2.05, 4.69) is 45.9 Å². The Hall–Kier alpha value is -2.35. The second-order valence-corrected chi connectivity index (χ2v) is 6.57. The van der Waals surface area contributed by atoms with Gasteiger partial charge in [0.25, 0.3) is 0 Å². The lowest BCUT2D eigenvalue weighted by Crippen LogP contribution is -2.11. The quantitative estimate of drug-likeness (QED) is 0.804. The van der Waals surface area contributed by atoms with Gasteiger partial charge in [-0.25, -0.2) is 4.79 Å². The van der Waals surface area contributed by atoms with Gasteiger partial charge in [0, 0.05) is 6.08 Å². The Morgan fingerprint density at radius 3 is 2.23 bits per heavy atom. The average molecular weight is 294 g/mol. The van der Waals surface area contributed by atoms with Gasteiger partial charge < -0.3 is 5.11 Å². The second kappa shape index (κ2) is 6.18. The number of hydrogen-bond donors (Lipinski definition) is 1. The van der Waals surface area contributed by atoms with Crippen LogP contribution in [-0.2, 0) is 10.2 Å². The van der Waals surface area contributed by atoms with Gasteiger partial charge in [0.2, 0.25) is 0 Å². The van der Waals surface area contributed by atoms with Crippen LogP contribution in [0.15, 0.2) is 48.5 Å². The maximum absolute atomic E-state index is 10.6. The zero-order valence-corrected chi connectivity index (χ0v) is 13.6. The summed E-state index contributed by atoms with van der Waals surface area (Å²) >= 11 is 0. The fourth-order valence-corrected chi connectivity index (χ4v) is 2.34. The molecule has 1 N–H and O–H groups in total. The highest BCUT2D eigenvalue weighted by Gasteiger charge is 2.15. The molecule has 0 saturated carbocycles. The van der Waals surface area contributed by atoms with Crippen LogP contribution in [0.3, 0.4) is 0 Å². The van der Waals surface area contributed by atoms with Crippen LogP contribution in [0.1, 0.15) is 37.5 Å². The summed E-state index contributed by atoms with van der Waals surface area (Å²) in [6.07, 6.45) is 2.75. The first-order valence-corrected chi connectivity index (χ1v) is 7.40. The van der Waals surface area contributed by atoms with Gasteiger partial charge in [-0.3, -0.25) is 0 Å². The second-order valence-electron chi connectivity index (χ2n) is 6.57. The number of benzene rings is 2. The maximum Gasteiger partial charge on any atom is 0.328 e. The van der Waals surface area contributed by atoms with Crippen molar-refractivity contribution in [2.45, 2.75) is 33.1 Å². The van der Waals surface area contributed by atoms with Gasteiger partial charge in [-0.1, -0.05) is 63.2 Å². The summed E-state index contributed by atoms with van der Waals surface area (Å²) in [5.74, 6) is -0.933. The van der Waals surface area contributed by atoms with Crippen molar-refractivity contribution in [3.63, 3.8) is 0 Å². The summed E-state index contributed by atoms with van der Waals surface area (Å²) in [5.41, 5.74) is 5.92. The molecule has 0 radical (unpaired) electrons. The Labute approximate surface area is 132 Å². The van der Waals surface area contributed by atoms with Crippen molar-refractivity contribution in [3.8, 4) is 11.1 Å². The first-order chi connectivity index (χ1) is 10.3. The lowest BCUT2D eigenvalue weighted by Gasteiger charge is -2.21. The zero-order valence-electron chi connectivity index (χ0n) is 13.6. The van der Waals surface area contributed by atoms with Crippen LogP contribution in [0.4, 0.5) is 0 Å². The third kappa shape index (κ3) is 3.85. The summed E-state index contributed by atoms with van der Waals surface area (Å²) in [4.78, 5) is 10.6. The number of hydrogen-bond acceptors (Lipinski definition) is 1. The molecule has 0 heterocycles. The molecule has 114 valence electrons. The summed E-state index contributed by atoms with van der Waals surface area (Å²) < 4.78 is 0. The van der Waals surface area contributed by atoms with Crippen molar-refractivity contribution in [2.24, 2.45) is 0 Å². The van der Waals surface area contributed by atoms with Crippen molar-refractivity contribution in [1.29, 1.82) is 0 Å². The molecule has 0 aliphatic rings. The number of carboxylic acids is 1. The van der Waals surface area contributed by atoms with E-state index in [1.807, 2.05) is 24.3 Å². The highest BCUT2D eigenvalue weighted by molar-refractivity contribution is 5.85. The molecule has 0 bridgehead atoms. The maximum atomic E-state index is 10.6. The largest absolute Gasteiger partial charge is 0.478 e. The van der Waals surface area contributed by atoms with E-state index in [4.69, 9.17) is 5.11 Å². The zero-order chi connectivity index (χ0) is 16.3. The monoisotopic (exact) mass is 294 g/mol. The van der Waals surface area contributed by atoms with Crippen LogP contribution in [0, 0.1) is 6.92 Å². The Balaban J connectivity index is 2.38. The van der Waals surface area contributed by atoms with Crippen LogP contribution in [0.2, 0.25) is 0 Å². The fourth-order valence-electron chi connectivity index (χ4n) is 2.34. The molecule has 0 fully saturated rings. The number of rotatable bonds is 3. The van der Waals surface area contributed by atoms with E-state index in [0.29, 0.717) is 0 Å². The van der Waals surface area contributed by atoms with Crippen LogP contribution in [0.5, 0.6) is 0 Å². The lowest BCUT2D eigenvalue weighted by atomic mass is 9.84. The third-order valence-corrected chi connectivity index (χ3v) is 3.74. The first-order valence-electron chi connectivity index (χ1n) is 7.40. The van der Waals surface area contributed by atoms with E-state index in [1.165, 1.54) is 16.7 Å². The van der Waals surface area contributed by atoms with E-state index in [0.717, 1.165) is 17.2 Å². The molecule has 2 rings (SSSR count). The van der Waals surface area contributed by atoms with Gasteiger partial charge in [0.15, 0.2) is 0 Å². The van der Waals surface area contributed by atoms with Crippen molar-refractivity contribution in [2.75, 3.05) is 0 Å². The predicted molar refractivity (Wildman–Crippen MR) is 92.0 cm³/mol. The van der Waals surface area contributed by atoms with E-state index in [-0.39, 0.29) is 5.41 Å². The Kier molecular flexibility index (Phi) is 4.51. The molecular weight excluding hydrogens is 272 g/mol. The molecule has 0 aromatic heterocycles. The smallest absolute Gasteiger partial charge is 0.328 e. The third-order valence-electron chi connectivity index (χ3n) is 3.74. The molecule has 2 nitrogen and oxygen atoms in total. The average Bonchev–Trinajstić information content (AvgIpc) is 2.45. The first kappa shape index (κ1) is 16.0. The van der Waals surface area contributed by atoms with Gasteiger partial charge in [-0.15, -0.1) is 0 Å². The molecule has 0 amide bonds. The van der Waals surface area contributed by atoms with Gasteiger partial charge in [0.1, 0.15) is 0 Å². The molecule has 0 saturated heterocycles. The Bertz CT molecular complexity index is 701. The van der Waals surface area contributed by atoms with E-state index in [9.17, 15) is 4.79 Å². The minimum absolute atomic E-state index is 0.118. The standard InChI is InChI=1S/C20H22O2/c1-14-5-11-17(20(2,3)4)13-18(14)16-9-6-15(7-10-16)8-12-19(21)22/h5-13H,1-4H3,(H,21,22)/b12-8+. The number of aliphatic carboxylic acids is 1. The van der Waals surface area contributed by atoms with E-state index in [1.54, 1.807) is 6.08 Å². The fraction of sp³-hybridized carbons (Fsp3) is 0.250. The van der Waals surface area contributed by atoms with Crippen molar-refractivity contribution in [1.82, 2.24) is 0 Å². The van der Waals surface area contributed by atoms with Gasteiger partial charge in [0.05, 0.1) is 0 Å². The number of carbonyl (C=O) groups is 1. The highest BCUT2D eigenvalue weighted by Crippen LogP contribution is 2.30. The molecule has 22 heavy (non-hydrogen) atoms. The summed E-state index contributed by atoms with van der Waals surface area (Å²) in [5, 5.41) is 8.66. The van der Waals surface area contributed by atoms with Gasteiger partial charge in [-0.2, -0.15) is 0 Å². The number of aryl methyl sites for hydroxylation is 1. The topological polar surface area (TPSA) is 37.3 Å². The molecule has 2 aromatic rings. The molecule has 2 aromatic carbocycles. The van der Waals surface area contributed by atoms with Crippen molar-refractivity contribution < 1.29 is 9.90 Å². The normalized spacial score (nSPS) is 11.8. The highest BCUT2D eigenvalue weighted by atomic mass is 16.4. The molecule has 0 unspecified atom stereocenters. The minimum atomic E-state index is -0.933. The molecule has 0 spiro atoms. The van der Waals surface area contributed by atoms with Crippen molar-refractivity contribution >= 4 is 12.0 Å². The van der Waals surface area contributed by atoms with Crippen LogP contribution in [0.25, 0.3) is 17.2 Å². The van der Waals surface area contributed by atoms with Crippen LogP contribution < -0.4 is 0 Å². The summed E-state index contributed by atoms with van der Waals surface area (Å²) in [6, 6.07) is 14.6. The van der Waals surface area contributed by atoms with Gasteiger partial charge >= 0.3 is 5.97 Å². The van der Waals surface area contributed by atoms with Crippen LogP contribution >= 0.6 is 0 Å². The SMILES string of the molecule is Cc1ccc(C(C)(C)C)cc1-c1ccc(/C=C/C(=O)O)cc1. The molecule has 0 aliphatic heterocycles. The minimum Gasteiger partial charge on any atom is -0.478 e. The summed E-state index contributed by atoms with van der Waals surface area (Å²) in [7, 11) is 0. The van der Waals surface area contributed by atoms with E-state index >= 15 is 0 Å². The molecular formula is C20H22O2. The Morgan fingerprint density at radius 1 is 1.05 bits per heavy atom. The lowest BCUT2D eigenvalue weighted by molar-refractivity contribution is -0.131. The van der Waals surface area contributed by atoms with Crippen molar-refractivity contribution in [3.05, 3.63) is 65.2 Å². The molecule has 0 aliphatic carbocycles. The molecule has 2 heteroatoms. The predicted octanol–water partition coefficient (Wildman–Crippen LogP) is 5.06. The molecule has 0 atom stereocenters. The van der Waals surface area contributed by atoms with Crippen LogP contribution in [-0.4, -0.2) is 11.1 Å². The van der Waals surface area contributed by atoms with Gasteiger partial charge in [-0.05, 0) is 46.2 Å². The Morgan fingerprint density at radius 2 is 1.68 bits per heavy atom. The number of carboxylic acid groups (broad SMARTS) is 1. The summed E-state index contributed by atoms with van der Waals surface area (Å²) in [6.45, 7) is 8.74. The van der Waals surface area contributed by atoms with E-state index < -0.39 is 5.97 Å².